The lowest BCUT2D eigenvalue weighted by molar-refractivity contribution is -0.384. The molecule has 0 aliphatic rings. The van der Waals surface area contributed by atoms with Gasteiger partial charge in [0.1, 0.15) is 5.75 Å². The van der Waals surface area contributed by atoms with Crippen LogP contribution in [0.2, 0.25) is 5.02 Å². The van der Waals surface area contributed by atoms with Gasteiger partial charge in [-0.25, -0.2) is 0 Å². The maximum atomic E-state index is 12.7. The number of rotatable bonds is 9. The molecule has 0 fully saturated rings. The standard InChI is InChI=1S/C25H22ClN5O4S/c1-16-21(26)4-3-5-22(16)30-23(14-27-24(32)18-8-12-20(35-2)13-9-18)28-29-25(30)36-15-17-6-10-19(11-7-17)31(33)34/h3-13H,14-15H2,1-2H3,(H,27,32). The molecule has 11 heteroatoms. The van der Waals surface area contributed by atoms with Gasteiger partial charge in [0.25, 0.3) is 11.6 Å². The average molecular weight is 524 g/mol. The van der Waals surface area contributed by atoms with Crippen LogP contribution in [-0.4, -0.2) is 32.7 Å². The molecule has 1 heterocycles. The predicted octanol–water partition coefficient (Wildman–Crippen LogP) is 5.37. The number of nitrogens with one attached hydrogen (secondary N) is 1. The summed E-state index contributed by atoms with van der Waals surface area (Å²) in [6, 6.07) is 18.8. The highest BCUT2D eigenvalue weighted by Crippen LogP contribution is 2.30. The van der Waals surface area contributed by atoms with Crippen molar-refractivity contribution in [2.24, 2.45) is 0 Å². The summed E-state index contributed by atoms with van der Waals surface area (Å²) in [5, 5.41) is 23.7. The number of halogens is 1. The second kappa shape index (κ2) is 11.2. The number of thioether (sulfide) groups is 1. The molecule has 0 aliphatic heterocycles. The number of nitrogens with zero attached hydrogens (tertiary/aromatic N) is 4. The monoisotopic (exact) mass is 523 g/mol. The Bertz CT molecular complexity index is 1390. The van der Waals surface area contributed by atoms with Crippen molar-refractivity contribution >= 4 is 35.0 Å². The van der Waals surface area contributed by atoms with E-state index < -0.39 is 4.92 Å². The maximum absolute atomic E-state index is 12.7. The number of carbonyl (C=O) groups is 1. The molecule has 4 rings (SSSR count). The van der Waals surface area contributed by atoms with Crippen molar-refractivity contribution in [1.82, 2.24) is 20.1 Å². The average Bonchev–Trinajstić information content (AvgIpc) is 3.30. The third-order valence-corrected chi connectivity index (χ3v) is 6.86. The van der Waals surface area contributed by atoms with Crippen molar-refractivity contribution in [3.8, 4) is 11.4 Å². The summed E-state index contributed by atoms with van der Waals surface area (Å²) in [7, 11) is 1.57. The fourth-order valence-corrected chi connectivity index (χ4v) is 4.54. The molecule has 0 saturated heterocycles. The molecule has 1 aromatic heterocycles. The van der Waals surface area contributed by atoms with Crippen LogP contribution in [0, 0.1) is 17.0 Å². The van der Waals surface area contributed by atoms with Crippen LogP contribution < -0.4 is 10.1 Å². The highest BCUT2D eigenvalue weighted by Gasteiger charge is 2.18. The number of amides is 1. The molecule has 3 aromatic carbocycles. The molecule has 4 aromatic rings. The van der Waals surface area contributed by atoms with E-state index in [-0.39, 0.29) is 18.1 Å². The SMILES string of the molecule is COc1ccc(C(=O)NCc2nnc(SCc3ccc([N+](=O)[O-])cc3)n2-c2cccc(Cl)c2C)cc1. The van der Waals surface area contributed by atoms with Gasteiger partial charge in [-0.05, 0) is 54.4 Å². The van der Waals surface area contributed by atoms with Crippen LogP contribution in [-0.2, 0) is 12.3 Å². The van der Waals surface area contributed by atoms with Crippen LogP contribution >= 0.6 is 23.4 Å². The zero-order valence-corrected chi connectivity index (χ0v) is 21.0. The summed E-state index contributed by atoms with van der Waals surface area (Å²) >= 11 is 7.81. The number of aromatic nitrogens is 3. The summed E-state index contributed by atoms with van der Waals surface area (Å²) in [5.41, 5.74) is 3.08. The van der Waals surface area contributed by atoms with Gasteiger partial charge in [-0.1, -0.05) is 41.6 Å². The Morgan fingerprint density at radius 2 is 1.83 bits per heavy atom. The van der Waals surface area contributed by atoms with E-state index in [2.05, 4.69) is 15.5 Å². The molecule has 0 unspecified atom stereocenters. The summed E-state index contributed by atoms with van der Waals surface area (Å²) in [6.07, 6.45) is 0. The smallest absolute Gasteiger partial charge is 0.269 e. The van der Waals surface area contributed by atoms with E-state index in [4.69, 9.17) is 16.3 Å². The maximum Gasteiger partial charge on any atom is 0.269 e. The number of methoxy groups -OCH3 is 1. The number of hydrogen-bond donors (Lipinski definition) is 1. The van der Waals surface area contributed by atoms with Crippen LogP contribution in [0.1, 0.15) is 27.3 Å². The highest BCUT2D eigenvalue weighted by molar-refractivity contribution is 7.98. The van der Waals surface area contributed by atoms with Gasteiger partial charge in [0, 0.05) is 28.5 Å². The molecule has 184 valence electrons. The van der Waals surface area contributed by atoms with Gasteiger partial charge in [0.05, 0.1) is 24.3 Å². The van der Waals surface area contributed by atoms with Crippen LogP contribution in [0.4, 0.5) is 5.69 Å². The molecular formula is C25H22ClN5O4S. The first kappa shape index (κ1) is 25.2. The molecule has 0 spiro atoms. The Kier molecular flexibility index (Phi) is 7.87. The molecule has 0 bridgehead atoms. The Balaban J connectivity index is 1.57. The van der Waals surface area contributed by atoms with E-state index in [1.54, 1.807) is 49.6 Å². The third kappa shape index (κ3) is 5.67. The van der Waals surface area contributed by atoms with Crippen LogP contribution in [0.25, 0.3) is 5.69 Å². The largest absolute Gasteiger partial charge is 0.497 e. The lowest BCUT2D eigenvalue weighted by atomic mass is 10.2. The van der Waals surface area contributed by atoms with E-state index in [1.807, 2.05) is 23.6 Å². The minimum absolute atomic E-state index is 0.0383. The number of nitro groups is 1. The lowest BCUT2D eigenvalue weighted by Crippen LogP contribution is -2.24. The van der Waals surface area contributed by atoms with Gasteiger partial charge in [-0.15, -0.1) is 10.2 Å². The third-order valence-electron chi connectivity index (χ3n) is 5.45. The number of carbonyl (C=O) groups excluding carboxylic acids is 1. The molecule has 36 heavy (non-hydrogen) atoms. The second-order valence-electron chi connectivity index (χ2n) is 7.74. The summed E-state index contributed by atoms with van der Waals surface area (Å²) in [4.78, 5) is 23.2. The summed E-state index contributed by atoms with van der Waals surface area (Å²) in [6.45, 7) is 2.05. The van der Waals surface area contributed by atoms with Crippen LogP contribution in [0.3, 0.4) is 0 Å². The Hall–Kier alpha value is -3.89. The van der Waals surface area contributed by atoms with E-state index in [0.717, 1.165) is 16.8 Å². The number of hydrogen-bond acceptors (Lipinski definition) is 7. The normalized spacial score (nSPS) is 10.8. The van der Waals surface area contributed by atoms with Gasteiger partial charge in [-0.2, -0.15) is 0 Å². The van der Waals surface area contributed by atoms with E-state index in [0.29, 0.717) is 33.1 Å². The quantitative estimate of drug-likeness (QED) is 0.178. The fourth-order valence-electron chi connectivity index (χ4n) is 3.45. The lowest BCUT2D eigenvalue weighted by Gasteiger charge is -2.14. The highest BCUT2D eigenvalue weighted by atomic mass is 35.5. The molecule has 9 nitrogen and oxygen atoms in total. The first-order chi connectivity index (χ1) is 17.4. The molecule has 0 saturated carbocycles. The van der Waals surface area contributed by atoms with Gasteiger partial charge >= 0.3 is 0 Å². The van der Waals surface area contributed by atoms with Crippen LogP contribution in [0.5, 0.6) is 5.75 Å². The Morgan fingerprint density at radius 1 is 1.11 bits per heavy atom. The minimum Gasteiger partial charge on any atom is -0.497 e. The van der Waals surface area contributed by atoms with Gasteiger partial charge < -0.3 is 10.1 Å². The zero-order valence-electron chi connectivity index (χ0n) is 19.5. The van der Waals surface area contributed by atoms with E-state index >= 15 is 0 Å². The topological polar surface area (TPSA) is 112 Å². The molecular weight excluding hydrogens is 502 g/mol. The fraction of sp³-hybridized carbons (Fsp3) is 0.160. The predicted molar refractivity (Wildman–Crippen MR) is 138 cm³/mol. The number of benzene rings is 3. The Morgan fingerprint density at radius 3 is 2.50 bits per heavy atom. The van der Waals surface area contributed by atoms with E-state index in [1.165, 1.54) is 23.9 Å². The number of nitro benzene ring substituents is 1. The van der Waals surface area contributed by atoms with Gasteiger partial charge in [0.2, 0.25) is 0 Å². The second-order valence-corrected chi connectivity index (χ2v) is 9.09. The molecule has 0 radical (unpaired) electrons. The Labute approximate surface area is 216 Å². The first-order valence-electron chi connectivity index (χ1n) is 10.9. The van der Waals surface area contributed by atoms with Crippen molar-refractivity contribution in [1.29, 1.82) is 0 Å². The number of non-ortho nitro benzene ring substituents is 1. The van der Waals surface area contributed by atoms with Gasteiger partial charge in [0.15, 0.2) is 11.0 Å². The summed E-state index contributed by atoms with van der Waals surface area (Å²) < 4.78 is 7.01. The van der Waals surface area contributed by atoms with Crippen molar-refractivity contribution < 1.29 is 14.5 Å². The van der Waals surface area contributed by atoms with Crippen molar-refractivity contribution in [2.75, 3.05) is 7.11 Å². The van der Waals surface area contributed by atoms with Crippen molar-refractivity contribution in [3.63, 3.8) is 0 Å². The molecule has 0 atom stereocenters. The van der Waals surface area contributed by atoms with Crippen molar-refractivity contribution in [3.05, 3.63) is 104 Å². The first-order valence-corrected chi connectivity index (χ1v) is 12.2. The number of ether oxygens (including phenoxy) is 1. The molecule has 0 aliphatic carbocycles. The van der Waals surface area contributed by atoms with Crippen LogP contribution in [0.15, 0.2) is 71.9 Å². The summed E-state index contributed by atoms with van der Waals surface area (Å²) in [5.74, 6) is 1.47. The zero-order chi connectivity index (χ0) is 25.7. The minimum atomic E-state index is -0.429. The van der Waals surface area contributed by atoms with Gasteiger partial charge in [-0.3, -0.25) is 19.5 Å². The van der Waals surface area contributed by atoms with E-state index in [9.17, 15) is 14.9 Å². The molecule has 1 amide bonds. The van der Waals surface area contributed by atoms with Crippen molar-refractivity contribution in [2.45, 2.75) is 24.4 Å². The molecule has 1 N–H and O–H groups in total.